The Hall–Kier alpha value is -2.52. The van der Waals surface area contributed by atoms with Crippen LogP contribution in [0, 0.1) is 0 Å². The first-order chi connectivity index (χ1) is 11.6. The van der Waals surface area contributed by atoms with E-state index in [1.807, 2.05) is 18.2 Å². The number of anilines is 2. The van der Waals surface area contributed by atoms with Crippen LogP contribution in [0.25, 0.3) is 10.2 Å². The number of nitrogens with zero attached hydrogens (tertiary/aromatic N) is 2. The molecule has 2 amide bonds. The van der Waals surface area contributed by atoms with Gasteiger partial charge in [0.1, 0.15) is 5.75 Å². The first-order valence-electron chi connectivity index (χ1n) is 7.08. The Kier molecular flexibility index (Phi) is 5.02. The van der Waals surface area contributed by atoms with E-state index in [0.29, 0.717) is 10.3 Å². The van der Waals surface area contributed by atoms with Crippen LogP contribution < -0.4 is 15.4 Å². The van der Waals surface area contributed by atoms with E-state index in [2.05, 4.69) is 20.6 Å². The van der Waals surface area contributed by atoms with Crippen molar-refractivity contribution in [2.45, 2.75) is 12.8 Å². The van der Waals surface area contributed by atoms with Gasteiger partial charge < -0.3 is 15.4 Å². The molecule has 0 unspecified atom stereocenters. The van der Waals surface area contributed by atoms with Crippen LogP contribution >= 0.6 is 22.7 Å². The number of nitrogens with one attached hydrogen (secondary N) is 2. The quantitative estimate of drug-likeness (QED) is 0.703. The SMILES string of the molecule is COc1ccc2nc(NC(=O)CCC(=O)Nc3nccs3)sc2c1. The molecule has 24 heavy (non-hydrogen) atoms. The Morgan fingerprint density at radius 3 is 2.58 bits per heavy atom. The van der Waals surface area contributed by atoms with Gasteiger partial charge in [-0.15, -0.1) is 11.3 Å². The van der Waals surface area contributed by atoms with Crippen molar-refractivity contribution in [2.75, 3.05) is 17.7 Å². The van der Waals surface area contributed by atoms with E-state index in [1.54, 1.807) is 18.7 Å². The topological polar surface area (TPSA) is 93.2 Å². The van der Waals surface area contributed by atoms with Gasteiger partial charge in [-0.1, -0.05) is 11.3 Å². The molecule has 0 radical (unpaired) electrons. The maximum Gasteiger partial charge on any atom is 0.226 e. The summed E-state index contributed by atoms with van der Waals surface area (Å²) in [6.07, 6.45) is 1.77. The van der Waals surface area contributed by atoms with Gasteiger partial charge in [0.05, 0.1) is 17.3 Å². The number of carbonyl (C=O) groups is 2. The van der Waals surface area contributed by atoms with Crippen LogP contribution in [0.3, 0.4) is 0 Å². The Labute approximate surface area is 145 Å². The summed E-state index contributed by atoms with van der Waals surface area (Å²) in [5.41, 5.74) is 0.789. The highest BCUT2D eigenvalue weighted by Crippen LogP contribution is 2.29. The lowest BCUT2D eigenvalue weighted by molar-refractivity contribution is -0.121. The van der Waals surface area contributed by atoms with Gasteiger partial charge in [0.15, 0.2) is 10.3 Å². The Morgan fingerprint density at radius 2 is 1.92 bits per heavy atom. The number of ether oxygens (including phenoxy) is 1. The second kappa shape index (κ2) is 7.37. The maximum absolute atomic E-state index is 12.0. The Bertz CT molecular complexity index is 861. The molecule has 0 aliphatic carbocycles. The van der Waals surface area contributed by atoms with Gasteiger partial charge in [-0.05, 0) is 18.2 Å². The normalized spacial score (nSPS) is 10.5. The molecular weight excluding hydrogens is 348 g/mol. The van der Waals surface area contributed by atoms with Gasteiger partial charge in [-0.2, -0.15) is 0 Å². The number of rotatable bonds is 6. The number of hydrogen-bond acceptors (Lipinski definition) is 7. The molecular formula is C15H14N4O3S2. The zero-order chi connectivity index (χ0) is 16.9. The molecule has 0 bridgehead atoms. The molecule has 2 N–H and O–H groups in total. The molecule has 9 heteroatoms. The minimum atomic E-state index is -0.254. The predicted octanol–water partition coefficient (Wildman–Crippen LogP) is 3.12. The summed E-state index contributed by atoms with van der Waals surface area (Å²) >= 11 is 2.69. The lowest BCUT2D eigenvalue weighted by atomic mass is 10.3. The van der Waals surface area contributed by atoms with Crippen molar-refractivity contribution >= 4 is 55.0 Å². The molecule has 7 nitrogen and oxygen atoms in total. The number of amides is 2. The van der Waals surface area contributed by atoms with Crippen LogP contribution in [0.1, 0.15) is 12.8 Å². The van der Waals surface area contributed by atoms with Crippen LogP contribution in [0.5, 0.6) is 5.75 Å². The highest BCUT2D eigenvalue weighted by Gasteiger charge is 2.11. The third-order valence-electron chi connectivity index (χ3n) is 3.10. The maximum atomic E-state index is 12.0. The second-order valence-corrected chi connectivity index (χ2v) is 6.71. The number of fused-ring (bicyclic) bond motifs is 1. The van der Waals surface area contributed by atoms with Crippen LogP contribution in [0.15, 0.2) is 29.8 Å². The van der Waals surface area contributed by atoms with Gasteiger partial charge in [0.2, 0.25) is 11.8 Å². The van der Waals surface area contributed by atoms with E-state index < -0.39 is 0 Å². The number of benzene rings is 1. The van der Waals surface area contributed by atoms with Crippen LogP contribution in [-0.2, 0) is 9.59 Å². The van der Waals surface area contributed by atoms with Crippen LogP contribution in [-0.4, -0.2) is 28.9 Å². The zero-order valence-electron chi connectivity index (χ0n) is 12.7. The van der Waals surface area contributed by atoms with Crippen LogP contribution in [0.2, 0.25) is 0 Å². The van der Waals surface area contributed by atoms with E-state index in [-0.39, 0.29) is 24.7 Å². The molecule has 0 saturated heterocycles. The fourth-order valence-electron chi connectivity index (χ4n) is 1.96. The number of thiazole rings is 2. The summed E-state index contributed by atoms with van der Waals surface area (Å²) < 4.78 is 6.09. The second-order valence-electron chi connectivity index (χ2n) is 4.79. The molecule has 0 atom stereocenters. The summed E-state index contributed by atoms with van der Waals surface area (Å²) in [6.45, 7) is 0. The van der Waals surface area contributed by atoms with E-state index in [1.165, 1.54) is 22.7 Å². The zero-order valence-corrected chi connectivity index (χ0v) is 14.4. The monoisotopic (exact) mass is 362 g/mol. The minimum absolute atomic E-state index is 0.0798. The van der Waals surface area contributed by atoms with Gasteiger partial charge in [0.25, 0.3) is 0 Å². The van der Waals surface area contributed by atoms with Gasteiger partial charge in [-0.3, -0.25) is 9.59 Å². The van der Waals surface area contributed by atoms with Crippen molar-refractivity contribution in [3.63, 3.8) is 0 Å². The summed E-state index contributed by atoms with van der Waals surface area (Å²) in [4.78, 5) is 32.0. The third kappa shape index (κ3) is 4.06. The van der Waals surface area contributed by atoms with Gasteiger partial charge in [0, 0.05) is 24.4 Å². The lowest BCUT2D eigenvalue weighted by Gasteiger charge is -2.02. The molecule has 0 aliphatic heterocycles. The summed E-state index contributed by atoms with van der Waals surface area (Å²) in [5.74, 6) is 0.243. The van der Waals surface area contributed by atoms with Crippen molar-refractivity contribution in [2.24, 2.45) is 0 Å². The van der Waals surface area contributed by atoms with Crippen molar-refractivity contribution in [3.05, 3.63) is 29.8 Å². The smallest absolute Gasteiger partial charge is 0.226 e. The molecule has 124 valence electrons. The Morgan fingerprint density at radius 1 is 1.17 bits per heavy atom. The molecule has 1 aromatic carbocycles. The minimum Gasteiger partial charge on any atom is -0.497 e. The molecule has 3 aromatic rings. The van der Waals surface area contributed by atoms with Crippen molar-refractivity contribution in [1.29, 1.82) is 0 Å². The van der Waals surface area contributed by atoms with E-state index >= 15 is 0 Å². The number of aromatic nitrogens is 2. The Balaban J connectivity index is 1.53. The molecule has 2 heterocycles. The van der Waals surface area contributed by atoms with E-state index in [4.69, 9.17) is 4.74 Å². The molecule has 0 saturated carbocycles. The molecule has 0 spiro atoms. The summed E-state index contributed by atoms with van der Waals surface area (Å²) in [6, 6.07) is 5.52. The first kappa shape index (κ1) is 16.3. The fourth-order valence-corrected chi connectivity index (χ4v) is 3.42. The van der Waals surface area contributed by atoms with Crippen LogP contribution in [0.4, 0.5) is 10.3 Å². The summed E-state index contributed by atoms with van der Waals surface area (Å²) in [5, 5.41) is 8.15. The van der Waals surface area contributed by atoms with Crippen molar-refractivity contribution < 1.29 is 14.3 Å². The number of carbonyl (C=O) groups excluding carboxylic acids is 2. The third-order valence-corrected chi connectivity index (χ3v) is 4.72. The van der Waals surface area contributed by atoms with E-state index in [0.717, 1.165) is 16.0 Å². The van der Waals surface area contributed by atoms with Crippen molar-refractivity contribution in [3.8, 4) is 5.75 Å². The van der Waals surface area contributed by atoms with Gasteiger partial charge >= 0.3 is 0 Å². The summed E-state index contributed by atoms with van der Waals surface area (Å²) in [7, 11) is 1.60. The first-order valence-corrected chi connectivity index (χ1v) is 8.77. The highest BCUT2D eigenvalue weighted by molar-refractivity contribution is 7.22. The molecule has 0 aliphatic rings. The number of methoxy groups -OCH3 is 1. The number of hydrogen-bond donors (Lipinski definition) is 2. The van der Waals surface area contributed by atoms with E-state index in [9.17, 15) is 9.59 Å². The lowest BCUT2D eigenvalue weighted by Crippen LogP contribution is -2.17. The predicted molar refractivity (Wildman–Crippen MR) is 94.8 cm³/mol. The fraction of sp³-hybridized carbons (Fsp3) is 0.200. The standard InChI is InChI=1S/C15H14N4O3S2/c1-22-9-2-3-10-11(8-9)24-15(17-10)19-13(21)5-4-12(20)18-14-16-6-7-23-14/h2-3,6-8H,4-5H2,1H3,(H,16,18,20)(H,17,19,21). The average Bonchev–Trinajstić information content (AvgIpc) is 3.21. The van der Waals surface area contributed by atoms with Crippen molar-refractivity contribution in [1.82, 2.24) is 9.97 Å². The van der Waals surface area contributed by atoms with Gasteiger partial charge in [-0.25, -0.2) is 9.97 Å². The molecule has 2 aromatic heterocycles. The average molecular weight is 362 g/mol. The highest BCUT2D eigenvalue weighted by atomic mass is 32.1. The molecule has 3 rings (SSSR count). The largest absolute Gasteiger partial charge is 0.497 e. The molecule has 0 fully saturated rings.